The van der Waals surface area contributed by atoms with Crippen molar-refractivity contribution in [1.82, 2.24) is 9.32 Å². The van der Waals surface area contributed by atoms with Crippen LogP contribution in [0.1, 0.15) is 40.9 Å². The van der Waals surface area contributed by atoms with Crippen molar-refractivity contribution in [2.45, 2.75) is 49.2 Å². The summed E-state index contributed by atoms with van der Waals surface area (Å²) in [7, 11) is -0.509. The fourth-order valence-corrected chi connectivity index (χ4v) is 7.78. The zero-order valence-electron chi connectivity index (χ0n) is 23.3. The largest absolute Gasteiger partial charge is 0.496 e. The third-order valence-corrected chi connectivity index (χ3v) is 10.8. The second kappa shape index (κ2) is 12.7. The lowest BCUT2D eigenvalue weighted by atomic mass is 9.89. The number of halogens is 4. The summed E-state index contributed by atoms with van der Waals surface area (Å²) >= 11 is 13.6. The van der Waals surface area contributed by atoms with Crippen LogP contribution in [0.15, 0.2) is 59.5 Å². The maximum atomic E-state index is 14.7. The molecule has 4 aromatic rings. The number of carbonyl (C=O) groups excluding carboxylic acids is 1. The molecule has 5 rings (SSSR count). The Balaban J connectivity index is 1.55. The normalized spacial score (nSPS) is 17.4. The highest BCUT2D eigenvalue weighted by atomic mass is 35.5. The van der Waals surface area contributed by atoms with Gasteiger partial charge in [-0.05, 0) is 85.0 Å². The third-order valence-electron chi connectivity index (χ3n) is 7.88. The SMILES string of the molecule is COc1ccc(-c2ccc(S(N)(=O)=O)cc2)cc1CN(C(=O)c1sc2c(F)ccc(F)c2c1Cl)C1CCC(N(C)Cl)CC1. The van der Waals surface area contributed by atoms with E-state index in [1.165, 1.54) is 19.2 Å². The van der Waals surface area contributed by atoms with E-state index in [1.54, 1.807) is 34.6 Å². The maximum Gasteiger partial charge on any atom is 0.266 e. The van der Waals surface area contributed by atoms with Gasteiger partial charge in [-0.25, -0.2) is 26.8 Å². The maximum absolute atomic E-state index is 14.7. The van der Waals surface area contributed by atoms with E-state index in [1.807, 2.05) is 12.1 Å². The number of hydrogen-bond donors (Lipinski definition) is 1. The molecule has 3 aromatic carbocycles. The number of thiophene rings is 1. The van der Waals surface area contributed by atoms with E-state index in [-0.39, 0.29) is 43.5 Å². The summed E-state index contributed by atoms with van der Waals surface area (Å²) in [5.74, 6) is -1.24. The Labute approximate surface area is 262 Å². The summed E-state index contributed by atoms with van der Waals surface area (Å²) in [6, 6.07) is 13.6. The number of nitrogens with zero attached hydrogens (tertiary/aromatic N) is 2. The molecular weight excluding hydrogens is 639 g/mol. The standard InChI is InChI=1S/C30H29Cl2F2N3O4S2/c1-36(32)20-6-8-21(9-7-20)37(30(38)29-27(31)26-23(33)12-13-24(34)28(26)42-29)16-19-15-18(5-14-25(19)41-2)17-3-10-22(11-4-17)43(35,39)40/h3-5,10-15,20-21H,6-9,16H2,1-2H3,(H2,35,39,40). The molecule has 228 valence electrons. The molecule has 1 amide bonds. The van der Waals surface area contributed by atoms with Crippen LogP contribution >= 0.6 is 34.7 Å². The molecule has 0 unspecified atom stereocenters. The number of fused-ring (bicyclic) bond motifs is 1. The van der Waals surface area contributed by atoms with E-state index in [2.05, 4.69) is 0 Å². The first kappa shape index (κ1) is 31.6. The Bertz CT molecular complexity index is 1770. The van der Waals surface area contributed by atoms with Crippen LogP contribution in [0.2, 0.25) is 5.02 Å². The van der Waals surface area contributed by atoms with Gasteiger partial charge in [0.15, 0.2) is 0 Å². The predicted molar refractivity (Wildman–Crippen MR) is 166 cm³/mol. The monoisotopic (exact) mass is 667 g/mol. The zero-order valence-corrected chi connectivity index (χ0v) is 26.5. The lowest BCUT2D eigenvalue weighted by molar-refractivity contribution is 0.0589. The molecule has 0 saturated heterocycles. The molecule has 7 nitrogen and oxygen atoms in total. The molecule has 0 aliphatic heterocycles. The zero-order chi connectivity index (χ0) is 31.1. The minimum Gasteiger partial charge on any atom is -0.496 e. The molecule has 1 fully saturated rings. The highest BCUT2D eigenvalue weighted by Gasteiger charge is 2.34. The van der Waals surface area contributed by atoms with Crippen molar-refractivity contribution in [3.63, 3.8) is 0 Å². The number of nitrogens with two attached hydrogens (primary N) is 1. The Morgan fingerprint density at radius 1 is 1.00 bits per heavy atom. The number of primary sulfonamides is 1. The number of methoxy groups -OCH3 is 1. The van der Waals surface area contributed by atoms with Gasteiger partial charge in [-0.2, -0.15) is 0 Å². The highest BCUT2D eigenvalue weighted by Crippen LogP contribution is 2.41. The summed E-state index contributed by atoms with van der Waals surface area (Å²) in [6.07, 6.45) is 2.84. The summed E-state index contributed by atoms with van der Waals surface area (Å²) in [5, 5.41) is 5.02. The van der Waals surface area contributed by atoms with E-state index >= 15 is 0 Å². The Morgan fingerprint density at radius 3 is 2.19 bits per heavy atom. The van der Waals surface area contributed by atoms with Crippen LogP contribution in [0.4, 0.5) is 8.78 Å². The van der Waals surface area contributed by atoms with Crippen molar-refractivity contribution < 1.29 is 26.7 Å². The van der Waals surface area contributed by atoms with E-state index in [0.29, 0.717) is 24.2 Å². The molecule has 0 bridgehead atoms. The molecule has 43 heavy (non-hydrogen) atoms. The summed E-state index contributed by atoms with van der Waals surface area (Å²) in [5.41, 5.74) is 2.19. The lowest BCUT2D eigenvalue weighted by Gasteiger charge is -2.38. The van der Waals surface area contributed by atoms with Crippen molar-refractivity contribution in [3.05, 3.63) is 81.7 Å². The van der Waals surface area contributed by atoms with Crippen molar-refractivity contribution in [3.8, 4) is 16.9 Å². The number of ether oxygens (including phenoxy) is 1. The molecule has 1 aliphatic rings. The first-order valence-corrected chi connectivity index (χ1v) is 16.5. The first-order chi connectivity index (χ1) is 20.4. The third kappa shape index (κ3) is 6.52. The fourth-order valence-electron chi connectivity index (χ4n) is 5.56. The minimum absolute atomic E-state index is 0.00645. The van der Waals surface area contributed by atoms with Crippen LogP contribution in [0, 0.1) is 11.6 Å². The van der Waals surface area contributed by atoms with Gasteiger partial charge in [0.05, 0.1) is 27.1 Å². The lowest BCUT2D eigenvalue weighted by Crippen LogP contribution is -2.44. The van der Waals surface area contributed by atoms with Gasteiger partial charge in [0.25, 0.3) is 5.91 Å². The molecule has 2 N–H and O–H groups in total. The van der Waals surface area contributed by atoms with Crippen LogP contribution in [-0.2, 0) is 16.6 Å². The van der Waals surface area contributed by atoms with Gasteiger partial charge in [0, 0.05) is 31.2 Å². The predicted octanol–water partition coefficient (Wildman–Crippen LogP) is 7.20. The molecule has 0 radical (unpaired) electrons. The van der Waals surface area contributed by atoms with E-state index in [0.717, 1.165) is 47.4 Å². The molecular formula is C30H29Cl2F2N3O4S2. The van der Waals surface area contributed by atoms with Crippen molar-refractivity contribution in [1.29, 1.82) is 0 Å². The van der Waals surface area contributed by atoms with Crippen LogP contribution in [-0.4, -0.2) is 49.9 Å². The fraction of sp³-hybridized carbons (Fsp3) is 0.300. The number of rotatable bonds is 8. The molecule has 1 heterocycles. The van der Waals surface area contributed by atoms with Gasteiger partial charge in [0.2, 0.25) is 10.0 Å². The number of amides is 1. The molecule has 13 heteroatoms. The van der Waals surface area contributed by atoms with Crippen molar-refractivity contribution in [2.75, 3.05) is 14.2 Å². The van der Waals surface area contributed by atoms with E-state index in [4.69, 9.17) is 33.3 Å². The van der Waals surface area contributed by atoms with Gasteiger partial charge in [-0.3, -0.25) is 4.79 Å². The van der Waals surface area contributed by atoms with Gasteiger partial charge in [-0.15, -0.1) is 11.3 Å². The number of hydrogen-bond acceptors (Lipinski definition) is 6. The van der Waals surface area contributed by atoms with Crippen LogP contribution in [0.25, 0.3) is 21.2 Å². The average Bonchev–Trinajstić information content (AvgIpc) is 3.35. The average molecular weight is 669 g/mol. The van der Waals surface area contributed by atoms with Gasteiger partial charge in [-0.1, -0.05) is 29.8 Å². The van der Waals surface area contributed by atoms with Crippen LogP contribution in [0.5, 0.6) is 5.75 Å². The van der Waals surface area contributed by atoms with Gasteiger partial charge >= 0.3 is 0 Å². The second-order valence-electron chi connectivity index (χ2n) is 10.5. The highest BCUT2D eigenvalue weighted by molar-refractivity contribution is 7.89. The summed E-state index contributed by atoms with van der Waals surface area (Å²) in [6.45, 7) is 0.132. The van der Waals surface area contributed by atoms with Crippen molar-refractivity contribution in [2.24, 2.45) is 5.14 Å². The molecule has 0 atom stereocenters. The Morgan fingerprint density at radius 2 is 1.60 bits per heavy atom. The van der Waals surface area contributed by atoms with E-state index < -0.39 is 27.6 Å². The molecule has 1 saturated carbocycles. The number of sulfonamides is 1. The molecule has 1 aromatic heterocycles. The summed E-state index contributed by atoms with van der Waals surface area (Å²) < 4.78 is 60.0. The second-order valence-corrected chi connectivity index (χ2v) is 14.0. The molecule has 0 spiro atoms. The van der Waals surface area contributed by atoms with Gasteiger partial charge in [0.1, 0.15) is 22.3 Å². The smallest absolute Gasteiger partial charge is 0.266 e. The van der Waals surface area contributed by atoms with E-state index in [9.17, 15) is 22.0 Å². The Kier molecular flexibility index (Phi) is 9.31. The van der Waals surface area contributed by atoms with Crippen molar-refractivity contribution >= 4 is 60.7 Å². The quantitative estimate of drug-likeness (QED) is 0.201. The van der Waals surface area contributed by atoms with Gasteiger partial charge < -0.3 is 9.64 Å². The van der Waals surface area contributed by atoms with Crippen LogP contribution in [0.3, 0.4) is 0 Å². The summed E-state index contributed by atoms with van der Waals surface area (Å²) in [4.78, 5) is 16.0. The number of carbonyl (C=O) groups is 1. The van der Waals surface area contributed by atoms with Crippen LogP contribution < -0.4 is 9.88 Å². The first-order valence-electron chi connectivity index (χ1n) is 13.4. The molecule has 1 aliphatic carbocycles. The Hall–Kier alpha value is -2.80. The topological polar surface area (TPSA) is 92.9 Å². The number of benzene rings is 3. The minimum atomic E-state index is -3.85.